The summed E-state index contributed by atoms with van der Waals surface area (Å²) < 4.78 is 0. The molecule has 1 fully saturated rings. The SMILES string of the molecule is Cc1cccc(C=C2Sc3ccc(C(=O)N4CCN(c5cccc(C)c5C)CC4)cc3N(C)C2=O)c1. The fraction of sp³-hybridized carbons (Fsp3) is 0.267. The van der Waals surface area contributed by atoms with Crippen molar-refractivity contribution in [3.05, 3.63) is 93.4 Å². The number of hydrogen-bond acceptors (Lipinski definition) is 4. The van der Waals surface area contributed by atoms with Crippen LogP contribution in [0.15, 0.2) is 70.5 Å². The average Bonchev–Trinajstić information content (AvgIpc) is 2.88. The summed E-state index contributed by atoms with van der Waals surface area (Å²) in [7, 11) is 1.78. The number of hydrogen-bond donors (Lipinski definition) is 0. The number of likely N-dealkylation sites (N-methyl/N-ethyl adjacent to an activating group) is 1. The molecule has 0 N–H and O–H groups in total. The average molecular weight is 498 g/mol. The van der Waals surface area contributed by atoms with Crippen LogP contribution in [-0.4, -0.2) is 49.9 Å². The first-order valence-corrected chi connectivity index (χ1v) is 13.1. The number of rotatable bonds is 3. The highest BCUT2D eigenvalue weighted by Crippen LogP contribution is 2.42. The first-order valence-electron chi connectivity index (χ1n) is 12.3. The monoisotopic (exact) mass is 497 g/mol. The molecule has 0 unspecified atom stereocenters. The summed E-state index contributed by atoms with van der Waals surface area (Å²) in [4.78, 5) is 34.1. The lowest BCUT2D eigenvalue weighted by atomic mass is 10.1. The highest BCUT2D eigenvalue weighted by molar-refractivity contribution is 8.04. The van der Waals surface area contributed by atoms with Crippen molar-refractivity contribution in [2.75, 3.05) is 43.0 Å². The first-order chi connectivity index (χ1) is 17.3. The Kier molecular flexibility index (Phi) is 6.63. The van der Waals surface area contributed by atoms with E-state index in [1.54, 1.807) is 11.9 Å². The second-order valence-corrected chi connectivity index (χ2v) is 10.7. The number of amides is 2. The van der Waals surface area contributed by atoms with E-state index in [2.05, 4.69) is 43.0 Å². The number of carbonyl (C=O) groups is 2. The zero-order chi connectivity index (χ0) is 25.4. The van der Waals surface area contributed by atoms with Gasteiger partial charge in [-0.2, -0.15) is 0 Å². The molecule has 36 heavy (non-hydrogen) atoms. The Hall–Kier alpha value is -3.51. The highest BCUT2D eigenvalue weighted by atomic mass is 32.2. The van der Waals surface area contributed by atoms with Crippen LogP contribution in [0.4, 0.5) is 11.4 Å². The fourth-order valence-electron chi connectivity index (χ4n) is 4.85. The van der Waals surface area contributed by atoms with Gasteiger partial charge in [-0.3, -0.25) is 9.59 Å². The minimum Gasteiger partial charge on any atom is -0.368 e. The summed E-state index contributed by atoms with van der Waals surface area (Å²) in [5.74, 6) is -0.0360. The number of benzene rings is 3. The molecule has 6 heteroatoms. The molecule has 0 radical (unpaired) electrons. The number of anilines is 2. The minimum absolute atomic E-state index is 0.0189. The van der Waals surface area contributed by atoms with E-state index in [4.69, 9.17) is 0 Å². The second kappa shape index (κ2) is 9.86. The topological polar surface area (TPSA) is 43.9 Å². The third-order valence-corrected chi connectivity index (χ3v) is 8.20. The summed E-state index contributed by atoms with van der Waals surface area (Å²) in [6.07, 6.45) is 1.94. The standard InChI is InChI=1S/C30H31N3O2S/c1-20-7-5-9-23(17-20)18-28-30(35)31(4)26-19-24(11-12-27(26)36-28)29(34)33-15-13-32(14-16-33)25-10-6-8-21(2)22(25)3/h5-12,17-19H,13-16H2,1-4H3. The van der Waals surface area contributed by atoms with Gasteiger partial charge in [0.1, 0.15) is 0 Å². The Morgan fingerprint density at radius 1 is 0.889 bits per heavy atom. The Balaban J connectivity index is 1.31. The quantitative estimate of drug-likeness (QED) is 0.437. The Morgan fingerprint density at radius 2 is 1.64 bits per heavy atom. The summed E-state index contributed by atoms with van der Waals surface area (Å²) in [5.41, 5.74) is 7.41. The molecule has 0 spiro atoms. The van der Waals surface area contributed by atoms with E-state index >= 15 is 0 Å². The van der Waals surface area contributed by atoms with Crippen molar-refractivity contribution in [1.82, 2.24) is 4.90 Å². The van der Waals surface area contributed by atoms with Crippen LogP contribution < -0.4 is 9.80 Å². The predicted octanol–water partition coefficient (Wildman–Crippen LogP) is 5.68. The van der Waals surface area contributed by atoms with Crippen LogP contribution in [0.2, 0.25) is 0 Å². The summed E-state index contributed by atoms with van der Waals surface area (Å²) >= 11 is 1.46. The number of piperazine rings is 1. The van der Waals surface area contributed by atoms with Crippen LogP contribution in [0.25, 0.3) is 6.08 Å². The first kappa shape index (κ1) is 24.2. The molecule has 2 aliphatic heterocycles. The number of aryl methyl sites for hydroxylation is 2. The lowest BCUT2D eigenvalue weighted by molar-refractivity contribution is -0.114. The Bertz CT molecular complexity index is 1370. The molecule has 5 rings (SSSR count). The van der Waals surface area contributed by atoms with Crippen molar-refractivity contribution in [3.8, 4) is 0 Å². The van der Waals surface area contributed by atoms with E-state index in [-0.39, 0.29) is 11.8 Å². The van der Waals surface area contributed by atoms with Gasteiger partial charge < -0.3 is 14.7 Å². The summed E-state index contributed by atoms with van der Waals surface area (Å²) in [6, 6.07) is 20.2. The van der Waals surface area contributed by atoms with Crippen LogP contribution in [-0.2, 0) is 4.79 Å². The van der Waals surface area contributed by atoms with E-state index < -0.39 is 0 Å². The molecule has 0 atom stereocenters. The molecule has 3 aromatic rings. The number of thioether (sulfide) groups is 1. The molecule has 0 aliphatic carbocycles. The maximum atomic E-state index is 13.4. The van der Waals surface area contributed by atoms with Crippen molar-refractivity contribution in [2.45, 2.75) is 25.7 Å². The lowest BCUT2D eigenvalue weighted by Gasteiger charge is -2.37. The van der Waals surface area contributed by atoms with Crippen LogP contribution >= 0.6 is 11.8 Å². The van der Waals surface area contributed by atoms with Crippen molar-refractivity contribution in [3.63, 3.8) is 0 Å². The molecule has 3 aromatic carbocycles. The molecular formula is C30H31N3O2S. The van der Waals surface area contributed by atoms with E-state index in [9.17, 15) is 9.59 Å². The van der Waals surface area contributed by atoms with E-state index in [0.29, 0.717) is 23.6 Å². The van der Waals surface area contributed by atoms with Crippen molar-refractivity contribution in [1.29, 1.82) is 0 Å². The highest BCUT2D eigenvalue weighted by Gasteiger charge is 2.29. The molecule has 2 heterocycles. The number of fused-ring (bicyclic) bond motifs is 1. The largest absolute Gasteiger partial charge is 0.368 e. The zero-order valence-corrected chi connectivity index (χ0v) is 22.1. The second-order valence-electron chi connectivity index (χ2n) is 9.57. The molecule has 0 saturated carbocycles. The molecule has 1 saturated heterocycles. The smallest absolute Gasteiger partial charge is 0.264 e. The maximum absolute atomic E-state index is 13.4. The van der Waals surface area contributed by atoms with E-state index in [1.165, 1.54) is 28.6 Å². The van der Waals surface area contributed by atoms with Crippen LogP contribution in [0, 0.1) is 20.8 Å². The molecule has 184 valence electrons. The van der Waals surface area contributed by atoms with Crippen LogP contribution in [0.5, 0.6) is 0 Å². The van der Waals surface area contributed by atoms with Gasteiger partial charge >= 0.3 is 0 Å². The normalized spacial score (nSPS) is 16.9. The third kappa shape index (κ3) is 4.65. The van der Waals surface area contributed by atoms with Gasteiger partial charge in [0.15, 0.2) is 0 Å². The maximum Gasteiger partial charge on any atom is 0.264 e. The van der Waals surface area contributed by atoms with Gasteiger partial charge in [-0.1, -0.05) is 53.7 Å². The van der Waals surface area contributed by atoms with Gasteiger partial charge in [-0.15, -0.1) is 0 Å². The van der Waals surface area contributed by atoms with Crippen molar-refractivity contribution < 1.29 is 9.59 Å². The van der Waals surface area contributed by atoms with E-state index in [1.807, 2.05) is 54.3 Å². The fourth-order valence-corrected chi connectivity index (χ4v) is 5.94. The van der Waals surface area contributed by atoms with Crippen molar-refractivity contribution in [2.24, 2.45) is 0 Å². The van der Waals surface area contributed by atoms with Crippen LogP contribution in [0.3, 0.4) is 0 Å². The molecule has 0 aromatic heterocycles. The Labute approximate surface area is 217 Å². The molecule has 0 bridgehead atoms. The van der Waals surface area contributed by atoms with Gasteiger partial charge in [0.05, 0.1) is 10.6 Å². The number of nitrogens with zero attached hydrogens (tertiary/aromatic N) is 3. The summed E-state index contributed by atoms with van der Waals surface area (Å²) in [5, 5.41) is 0. The predicted molar refractivity (Wildman–Crippen MR) is 149 cm³/mol. The third-order valence-electron chi connectivity index (χ3n) is 7.13. The number of carbonyl (C=O) groups excluding carboxylic acids is 2. The molecular weight excluding hydrogens is 466 g/mol. The molecule has 2 amide bonds. The molecule has 5 nitrogen and oxygen atoms in total. The molecule has 2 aliphatic rings. The van der Waals surface area contributed by atoms with Gasteiger partial charge in [-0.25, -0.2) is 0 Å². The van der Waals surface area contributed by atoms with Gasteiger partial charge in [0, 0.05) is 49.4 Å². The van der Waals surface area contributed by atoms with Gasteiger partial charge in [0.25, 0.3) is 11.8 Å². The van der Waals surface area contributed by atoms with Gasteiger partial charge in [0.2, 0.25) is 0 Å². The lowest BCUT2D eigenvalue weighted by Crippen LogP contribution is -2.49. The Morgan fingerprint density at radius 3 is 2.39 bits per heavy atom. The van der Waals surface area contributed by atoms with E-state index in [0.717, 1.165) is 34.8 Å². The summed E-state index contributed by atoms with van der Waals surface area (Å²) in [6.45, 7) is 9.31. The van der Waals surface area contributed by atoms with Crippen molar-refractivity contribution >= 4 is 41.0 Å². The zero-order valence-electron chi connectivity index (χ0n) is 21.2. The van der Waals surface area contributed by atoms with Crippen LogP contribution in [0.1, 0.15) is 32.6 Å². The minimum atomic E-state index is -0.0549. The van der Waals surface area contributed by atoms with Gasteiger partial charge in [-0.05, 0) is 67.8 Å².